The van der Waals surface area contributed by atoms with Crippen LogP contribution in [0.3, 0.4) is 0 Å². The van der Waals surface area contributed by atoms with E-state index in [2.05, 4.69) is 35.7 Å². The van der Waals surface area contributed by atoms with Crippen molar-refractivity contribution < 1.29 is 19.7 Å². The maximum absolute atomic E-state index is 12.9. The van der Waals surface area contributed by atoms with Gasteiger partial charge in [-0.15, -0.1) is 0 Å². The minimum absolute atomic E-state index is 0.0338. The van der Waals surface area contributed by atoms with E-state index in [9.17, 15) is 15.0 Å². The predicted octanol–water partition coefficient (Wildman–Crippen LogP) is -0.106. The molecule has 4 aromatic heterocycles. The van der Waals surface area contributed by atoms with Crippen molar-refractivity contribution in [3.63, 3.8) is 0 Å². The molecule has 0 unspecified atom stereocenters. The number of nitrogen functional groups attached to an aromatic ring is 1. The van der Waals surface area contributed by atoms with Gasteiger partial charge in [0.15, 0.2) is 12.3 Å². The Morgan fingerprint density at radius 3 is 2.80 bits per heavy atom. The highest BCUT2D eigenvalue weighted by molar-refractivity contribution is 6.00. The molecular formula is C21H24N10O4. The molecule has 0 aromatic carbocycles. The molecule has 1 amide bonds. The maximum Gasteiger partial charge on any atom is 0.258 e. The number of hydrogen-bond acceptors (Lipinski definition) is 11. The van der Waals surface area contributed by atoms with Crippen LogP contribution in [-0.4, -0.2) is 75.3 Å². The summed E-state index contributed by atoms with van der Waals surface area (Å²) in [5.41, 5.74) is 7.72. The van der Waals surface area contributed by atoms with Gasteiger partial charge in [0.2, 0.25) is 5.95 Å². The number of ether oxygens (including phenoxy) is 1. The molecule has 0 saturated carbocycles. The fraction of sp³-hybridized carbons (Fsp3) is 0.333. The molecule has 0 spiro atoms. The molecule has 1 aliphatic rings. The first kappa shape index (κ1) is 22.6. The molecular weight excluding hydrogens is 456 g/mol. The molecule has 4 aromatic rings. The lowest BCUT2D eigenvalue weighted by atomic mass is 10.1. The topological polar surface area (TPSA) is 191 Å². The lowest BCUT2D eigenvalue weighted by Gasteiger charge is -2.17. The van der Waals surface area contributed by atoms with Crippen molar-refractivity contribution in [2.45, 2.75) is 31.5 Å². The zero-order chi connectivity index (χ0) is 24.7. The fourth-order valence-electron chi connectivity index (χ4n) is 4.04. The van der Waals surface area contributed by atoms with Crippen molar-refractivity contribution in [3.05, 3.63) is 37.1 Å². The third-order valence-electron chi connectivity index (χ3n) is 5.65. The first-order chi connectivity index (χ1) is 16.9. The smallest absolute Gasteiger partial charge is 0.258 e. The third-order valence-corrected chi connectivity index (χ3v) is 5.65. The van der Waals surface area contributed by atoms with Gasteiger partial charge in [0.1, 0.15) is 35.8 Å². The van der Waals surface area contributed by atoms with E-state index < -0.39 is 30.4 Å². The number of aromatic nitrogens is 7. The summed E-state index contributed by atoms with van der Waals surface area (Å²) in [4.78, 5) is 29.5. The molecule has 6 N–H and O–H groups in total. The summed E-state index contributed by atoms with van der Waals surface area (Å²) in [6.45, 7) is 2.55. The monoisotopic (exact) mass is 480 g/mol. The number of fused-ring (bicyclic) bond motifs is 1. The Morgan fingerprint density at radius 1 is 1.23 bits per heavy atom. The van der Waals surface area contributed by atoms with E-state index in [1.54, 1.807) is 36.3 Å². The molecule has 5 heterocycles. The number of aryl methyl sites for hydroxylation is 1. The van der Waals surface area contributed by atoms with Gasteiger partial charge in [0.05, 0.1) is 11.1 Å². The lowest BCUT2D eigenvalue weighted by Crippen LogP contribution is -2.39. The van der Waals surface area contributed by atoms with Gasteiger partial charge in [0, 0.05) is 37.7 Å². The summed E-state index contributed by atoms with van der Waals surface area (Å²) >= 11 is 0. The van der Waals surface area contributed by atoms with Gasteiger partial charge >= 0.3 is 0 Å². The molecule has 14 heteroatoms. The first-order valence-corrected chi connectivity index (χ1v) is 10.9. The van der Waals surface area contributed by atoms with E-state index in [0.29, 0.717) is 34.7 Å². The van der Waals surface area contributed by atoms with E-state index in [1.807, 2.05) is 6.92 Å². The average molecular weight is 480 g/mol. The Labute approximate surface area is 198 Å². The van der Waals surface area contributed by atoms with Crippen LogP contribution in [-0.2, 0) is 16.6 Å². The van der Waals surface area contributed by atoms with Crippen LogP contribution < -0.4 is 16.4 Å². The SMILES string of the molecule is CCNc1ccnc(NC(=O)[C@H]2O[C@@H](n3cc(-c4ccn(C)n4)c4c(N)ncnc43)[C@H](O)[C@@H]2O)n1. The third kappa shape index (κ3) is 4.03. The van der Waals surface area contributed by atoms with Crippen LogP contribution in [0.2, 0.25) is 0 Å². The zero-order valence-electron chi connectivity index (χ0n) is 18.9. The Balaban J connectivity index is 1.46. The van der Waals surface area contributed by atoms with E-state index >= 15 is 0 Å². The van der Waals surface area contributed by atoms with Crippen LogP contribution in [0.5, 0.6) is 0 Å². The number of carbonyl (C=O) groups is 1. The van der Waals surface area contributed by atoms with Gasteiger partial charge in [-0.2, -0.15) is 10.1 Å². The summed E-state index contributed by atoms with van der Waals surface area (Å²) in [5.74, 6) is 0.0750. The summed E-state index contributed by atoms with van der Waals surface area (Å²) in [7, 11) is 1.78. The summed E-state index contributed by atoms with van der Waals surface area (Å²) in [6, 6.07) is 3.45. The number of rotatable bonds is 6. The van der Waals surface area contributed by atoms with Crippen molar-refractivity contribution in [2.24, 2.45) is 7.05 Å². The lowest BCUT2D eigenvalue weighted by molar-refractivity contribution is -0.132. The van der Waals surface area contributed by atoms with Crippen molar-refractivity contribution >= 4 is 34.5 Å². The number of amides is 1. The van der Waals surface area contributed by atoms with E-state index in [0.717, 1.165) is 0 Å². The largest absolute Gasteiger partial charge is 0.387 e. The number of nitrogens with two attached hydrogens (primary N) is 1. The number of aliphatic hydroxyl groups is 2. The molecule has 1 aliphatic heterocycles. The van der Waals surface area contributed by atoms with Crippen molar-refractivity contribution in [2.75, 3.05) is 22.9 Å². The number of aliphatic hydroxyl groups excluding tert-OH is 2. The van der Waals surface area contributed by atoms with Crippen LogP contribution >= 0.6 is 0 Å². The zero-order valence-corrected chi connectivity index (χ0v) is 18.9. The maximum atomic E-state index is 12.9. The van der Waals surface area contributed by atoms with Crippen LogP contribution in [0.15, 0.2) is 37.1 Å². The Bertz CT molecular complexity index is 1390. The highest BCUT2D eigenvalue weighted by atomic mass is 16.6. The Morgan fingerprint density at radius 2 is 2.06 bits per heavy atom. The molecule has 0 bridgehead atoms. The molecule has 5 rings (SSSR count). The molecule has 0 radical (unpaired) electrons. The van der Waals surface area contributed by atoms with Crippen LogP contribution in [0.1, 0.15) is 13.2 Å². The molecule has 4 atom stereocenters. The minimum Gasteiger partial charge on any atom is -0.387 e. The second kappa shape index (κ2) is 8.90. The summed E-state index contributed by atoms with van der Waals surface area (Å²) in [6.07, 6.45) is 0.709. The van der Waals surface area contributed by atoms with E-state index in [-0.39, 0.29) is 11.8 Å². The van der Waals surface area contributed by atoms with Gasteiger partial charge in [-0.05, 0) is 19.1 Å². The number of hydrogen-bond donors (Lipinski definition) is 5. The highest BCUT2D eigenvalue weighted by Gasteiger charge is 2.48. The van der Waals surface area contributed by atoms with Crippen LogP contribution in [0.25, 0.3) is 22.3 Å². The van der Waals surface area contributed by atoms with E-state index in [1.165, 1.54) is 17.1 Å². The van der Waals surface area contributed by atoms with Crippen LogP contribution in [0.4, 0.5) is 17.6 Å². The Hall–Kier alpha value is -4.14. The second-order valence-electron chi connectivity index (χ2n) is 8.00. The van der Waals surface area contributed by atoms with Crippen molar-refractivity contribution in [1.29, 1.82) is 0 Å². The molecule has 35 heavy (non-hydrogen) atoms. The predicted molar refractivity (Wildman–Crippen MR) is 125 cm³/mol. The number of anilines is 3. The first-order valence-electron chi connectivity index (χ1n) is 10.9. The average Bonchev–Trinajstić information content (AvgIpc) is 3.51. The Kier molecular flexibility index (Phi) is 5.76. The van der Waals surface area contributed by atoms with Crippen molar-refractivity contribution in [3.8, 4) is 11.3 Å². The van der Waals surface area contributed by atoms with Gasteiger partial charge in [0.25, 0.3) is 5.91 Å². The minimum atomic E-state index is -1.52. The number of nitrogens with one attached hydrogen (secondary N) is 2. The van der Waals surface area contributed by atoms with Gasteiger partial charge in [-0.25, -0.2) is 15.0 Å². The quantitative estimate of drug-likeness (QED) is 0.247. The summed E-state index contributed by atoms with van der Waals surface area (Å²) in [5, 5.41) is 31.9. The molecule has 14 nitrogen and oxygen atoms in total. The highest BCUT2D eigenvalue weighted by Crippen LogP contribution is 2.38. The second-order valence-corrected chi connectivity index (χ2v) is 8.00. The standard InChI is InChI=1S/C21H24N10O4/c1-3-23-12-4-6-24-21(27-12)28-19(34)16-14(32)15(33)20(35-16)31-8-10(11-5-7-30(2)29-11)13-17(22)25-9-26-18(13)31/h4-9,14-16,20,32-33H,3H2,1-2H3,(H2,22,25,26)(H2,23,24,27,28,34)/t14-,15+,16-,20+/m0/s1. The van der Waals surface area contributed by atoms with Gasteiger partial charge in [-0.1, -0.05) is 0 Å². The summed E-state index contributed by atoms with van der Waals surface area (Å²) < 4.78 is 8.99. The molecule has 182 valence electrons. The normalized spacial score (nSPS) is 21.9. The van der Waals surface area contributed by atoms with Crippen LogP contribution in [0, 0.1) is 0 Å². The molecule has 1 fully saturated rings. The molecule has 0 aliphatic carbocycles. The fourth-order valence-corrected chi connectivity index (χ4v) is 4.04. The van der Waals surface area contributed by atoms with Crippen molar-refractivity contribution in [1.82, 2.24) is 34.3 Å². The number of carbonyl (C=O) groups excluding carboxylic acids is 1. The van der Waals surface area contributed by atoms with Gasteiger partial charge in [-0.3, -0.25) is 14.8 Å². The number of nitrogens with zero attached hydrogens (tertiary/aromatic N) is 7. The van der Waals surface area contributed by atoms with E-state index in [4.69, 9.17) is 10.5 Å². The van der Waals surface area contributed by atoms with Gasteiger partial charge < -0.3 is 30.6 Å². The molecule has 1 saturated heterocycles.